The molecule has 0 radical (unpaired) electrons. The fourth-order valence-corrected chi connectivity index (χ4v) is 4.92. The number of aromatic nitrogens is 1. The van der Waals surface area contributed by atoms with Crippen LogP contribution >= 0.6 is 34.2 Å². The number of urea groups is 1. The first kappa shape index (κ1) is 24.1. The van der Waals surface area contributed by atoms with Gasteiger partial charge in [-0.2, -0.15) is 0 Å². The van der Waals surface area contributed by atoms with Crippen molar-refractivity contribution in [3.8, 4) is 0 Å². The van der Waals surface area contributed by atoms with E-state index in [0.717, 1.165) is 39.7 Å². The number of H-pyrrole nitrogens is 1. The topological polar surface area (TPSA) is 60.2 Å². The molecule has 2 amide bonds. The van der Waals surface area contributed by atoms with E-state index in [9.17, 15) is 4.79 Å². The van der Waals surface area contributed by atoms with Crippen LogP contribution in [-0.2, 0) is 0 Å². The van der Waals surface area contributed by atoms with Crippen molar-refractivity contribution in [2.45, 2.75) is 39.0 Å². The van der Waals surface area contributed by atoms with Crippen LogP contribution in [0.15, 0.2) is 48.7 Å². The van der Waals surface area contributed by atoms with Gasteiger partial charge >= 0.3 is 6.03 Å². The Bertz CT molecular complexity index is 1160. The summed E-state index contributed by atoms with van der Waals surface area (Å²) < 4.78 is 1.01. The summed E-state index contributed by atoms with van der Waals surface area (Å²) in [5.74, 6) is 0. The van der Waals surface area contributed by atoms with Crippen molar-refractivity contribution in [2.24, 2.45) is 0 Å². The van der Waals surface area contributed by atoms with Gasteiger partial charge in [-0.05, 0) is 83.9 Å². The van der Waals surface area contributed by atoms with Crippen LogP contribution in [0.5, 0.6) is 0 Å². The third-order valence-corrected chi connectivity index (χ3v) is 7.08. The molecule has 0 unspecified atom stereocenters. The molecule has 0 atom stereocenters. The summed E-state index contributed by atoms with van der Waals surface area (Å²) in [6.45, 7) is 5.54. The van der Waals surface area contributed by atoms with Crippen LogP contribution in [0.3, 0.4) is 0 Å². The lowest BCUT2D eigenvalue weighted by molar-refractivity contribution is 0.262. The maximum Gasteiger partial charge on any atom is 0.323 e. The molecule has 1 aromatic heterocycles. The van der Waals surface area contributed by atoms with E-state index in [1.807, 2.05) is 30.3 Å². The van der Waals surface area contributed by atoms with Crippen molar-refractivity contribution in [3.63, 3.8) is 0 Å². The average molecular weight is 577 g/mol. The smallest absolute Gasteiger partial charge is 0.323 e. The number of halogens is 2. The minimum absolute atomic E-state index is 0.314. The number of aromatic amines is 1. The first-order valence-corrected chi connectivity index (χ1v) is 13.0. The highest BCUT2D eigenvalue weighted by Crippen LogP contribution is 2.31. The molecule has 0 saturated heterocycles. The highest BCUT2D eigenvalue weighted by molar-refractivity contribution is 14.1. The highest BCUT2D eigenvalue weighted by atomic mass is 127. The number of carbonyl (C=O) groups is 1. The Kier molecular flexibility index (Phi) is 8.33. The van der Waals surface area contributed by atoms with E-state index in [4.69, 9.17) is 11.6 Å². The van der Waals surface area contributed by atoms with Crippen LogP contribution in [0.1, 0.15) is 44.6 Å². The fraction of sp³-hybridized carbons (Fsp3) is 0.346. The van der Waals surface area contributed by atoms with Crippen molar-refractivity contribution < 1.29 is 4.79 Å². The van der Waals surface area contributed by atoms with Gasteiger partial charge in [-0.25, -0.2) is 4.79 Å². The third kappa shape index (κ3) is 6.31. The fourth-order valence-electron chi connectivity index (χ4n) is 4.26. The predicted octanol–water partition coefficient (Wildman–Crippen LogP) is 7.74. The lowest BCUT2D eigenvalue weighted by atomic mass is 9.98. The van der Waals surface area contributed by atoms with E-state index < -0.39 is 0 Å². The summed E-state index contributed by atoms with van der Waals surface area (Å²) in [5, 5.41) is 7.41. The summed E-state index contributed by atoms with van der Waals surface area (Å²) in [7, 11) is 0. The van der Waals surface area contributed by atoms with Gasteiger partial charge < -0.3 is 15.6 Å². The maximum absolute atomic E-state index is 12.6. The number of rotatable bonds is 8. The lowest BCUT2D eigenvalue weighted by Crippen LogP contribution is -2.29. The number of carbonyl (C=O) groups excluding carboxylic acids is 1. The van der Waals surface area contributed by atoms with E-state index in [2.05, 4.69) is 62.3 Å². The number of amides is 2. The van der Waals surface area contributed by atoms with E-state index in [0.29, 0.717) is 10.7 Å². The van der Waals surface area contributed by atoms with Crippen LogP contribution in [-0.4, -0.2) is 35.5 Å². The third-order valence-electron chi connectivity index (χ3n) is 6.08. The molecule has 2 heterocycles. The van der Waals surface area contributed by atoms with Gasteiger partial charge in [0.25, 0.3) is 0 Å². The van der Waals surface area contributed by atoms with Crippen LogP contribution in [0.25, 0.3) is 16.5 Å². The van der Waals surface area contributed by atoms with Crippen LogP contribution in [0.4, 0.5) is 16.2 Å². The van der Waals surface area contributed by atoms with E-state index in [-0.39, 0.29) is 6.03 Å². The van der Waals surface area contributed by atoms with Gasteiger partial charge in [0.15, 0.2) is 0 Å². The Morgan fingerprint density at radius 3 is 2.82 bits per heavy atom. The second-order valence-corrected chi connectivity index (χ2v) is 10.2. The number of nitrogens with one attached hydrogen (secondary N) is 3. The number of fused-ring (bicyclic) bond motifs is 1. The molecule has 1 aliphatic heterocycles. The number of hydrogen-bond donors (Lipinski definition) is 3. The molecule has 0 saturated carbocycles. The first-order chi connectivity index (χ1) is 16.0. The molecule has 1 aliphatic rings. The van der Waals surface area contributed by atoms with Gasteiger partial charge in [-0.3, -0.25) is 4.90 Å². The minimum Gasteiger partial charge on any atom is -0.361 e. The van der Waals surface area contributed by atoms with Gasteiger partial charge in [0, 0.05) is 45.0 Å². The molecule has 3 N–H and O–H groups in total. The Morgan fingerprint density at radius 1 is 1.15 bits per heavy atom. The molecule has 5 nitrogen and oxygen atoms in total. The normalized spacial score (nSPS) is 14.3. The molecular weight excluding hydrogens is 547 g/mol. The number of benzene rings is 2. The summed E-state index contributed by atoms with van der Waals surface area (Å²) in [4.78, 5) is 18.5. The van der Waals surface area contributed by atoms with Gasteiger partial charge in [-0.1, -0.05) is 43.9 Å². The Hall–Kier alpha value is -2.03. The van der Waals surface area contributed by atoms with Crippen molar-refractivity contribution in [3.05, 3.63) is 62.8 Å². The molecule has 2 aromatic carbocycles. The molecular formula is C26H30ClIN4O. The standard InChI is InChI=1S/C26H30ClIN4O/c1-2-3-4-5-12-32-13-10-18(11-14-32)22-17-29-24-9-7-20(16-21(22)24)30-26(33)31-25-15-19(28)6-8-23(25)27/h6-10,15-17,29H,2-5,11-14H2,1H3,(H2,30,31,33). The zero-order valence-corrected chi connectivity index (χ0v) is 21.8. The van der Waals surface area contributed by atoms with Crippen molar-refractivity contribution in [1.29, 1.82) is 0 Å². The molecule has 0 spiro atoms. The first-order valence-electron chi connectivity index (χ1n) is 11.6. The van der Waals surface area contributed by atoms with Gasteiger partial charge in [-0.15, -0.1) is 0 Å². The largest absolute Gasteiger partial charge is 0.361 e. The molecule has 0 fully saturated rings. The zero-order valence-electron chi connectivity index (χ0n) is 18.9. The Morgan fingerprint density at radius 2 is 2.03 bits per heavy atom. The molecule has 0 bridgehead atoms. The monoisotopic (exact) mass is 576 g/mol. The lowest BCUT2D eigenvalue weighted by Gasteiger charge is -2.26. The predicted molar refractivity (Wildman–Crippen MR) is 148 cm³/mol. The molecule has 7 heteroatoms. The van der Waals surface area contributed by atoms with Crippen molar-refractivity contribution in [2.75, 3.05) is 30.3 Å². The second-order valence-electron chi connectivity index (χ2n) is 8.51. The Balaban J connectivity index is 1.43. The SMILES string of the molecule is CCCCCCN1CC=C(c2c[nH]c3ccc(NC(=O)Nc4cc(I)ccc4Cl)cc23)CC1. The molecule has 3 aromatic rings. The number of nitrogens with zero attached hydrogens (tertiary/aromatic N) is 1. The van der Waals surface area contributed by atoms with E-state index in [1.54, 1.807) is 6.07 Å². The van der Waals surface area contributed by atoms with Crippen molar-refractivity contribution >= 4 is 68.1 Å². The van der Waals surface area contributed by atoms with Gasteiger partial charge in [0.2, 0.25) is 0 Å². The Labute approximate surface area is 214 Å². The number of anilines is 2. The summed E-state index contributed by atoms with van der Waals surface area (Å²) in [6, 6.07) is 11.2. The molecule has 4 rings (SSSR count). The quantitative estimate of drug-likeness (QED) is 0.190. The minimum atomic E-state index is -0.314. The summed E-state index contributed by atoms with van der Waals surface area (Å²) >= 11 is 8.40. The number of hydrogen-bond acceptors (Lipinski definition) is 2. The average Bonchev–Trinajstić information content (AvgIpc) is 3.23. The second kappa shape index (κ2) is 11.4. The van der Waals surface area contributed by atoms with Crippen LogP contribution < -0.4 is 10.6 Å². The van der Waals surface area contributed by atoms with Crippen LogP contribution in [0.2, 0.25) is 5.02 Å². The highest BCUT2D eigenvalue weighted by Gasteiger charge is 2.16. The van der Waals surface area contributed by atoms with Gasteiger partial charge in [0.05, 0.1) is 10.7 Å². The molecule has 33 heavy (non-hydrogen) atoms. The summed E-state index contributed by atoms with van der Waals surface area (Å²) in [5.41, 5.74) is 5.01. The summed E-state index contributed by atoms with van der Waals surface area (Å²) in [6.07, 6.45) is 10.7. The molecule has 174 valence electrons. The van der Waals surface area contributed by atoms with E-state index in [1.165, 1.54) is 43.4 Å². The van der Waals surface area contributed by atoms with Crippen LogP contribution in [0, 0.1) is 3.57 Å². The number of unbranched alkanes of at least 4 members (excludes halogenated alkanes) is 3. The van der Waals surface area contributed by atoms with Crippen molar-refractivity contribution in [1.82, 2.24) is 9.88 Å². The molecule has 0 aliphatic carbocycles. The van der Waals surface area contributed by atoms with Gasteiger partial charge in [0.1, 0.15) is 0 Å². The zero-order chi connectivity index (χ0) is 23.2. The van der Waals surface area contributed by atoms with E-state index >= 15 is 0 Å². The maximum atomic E-state index is 12.6.